The number of benzene rings is 3. The van der Waals surface area contributed by atoms with Crippen LogP contribution in [0.25, 0.3) is 0 Å². The SMILES string of the molecule is Cc1ccc(C)c(OCC(=O)NNC(=O)c2ccc(S(=O)(=O)Nc3cccc(C)c3C)cc2)c1. The molecule has 0 spiro atoms. The third-order valence-corrected chi connectivity index (χ3v) is 6.68. The van der Waals surface area contributed by atoms with E-state index in [1.165, 1.54) is 24.3 Å². The van der Waals surface area contributed by atoms with Gasteiger partial charge in [0.2, 0.25) is 0 Å². The predicted octanol–water partition coefficient (Wildman–Crippen LogP) is 3.56. The Labute approximate surface area is 199 Å². The Morgan fingerprint density at radius 1 is 0.853 bits per heavy atom. The van der Waals surface area contributed by atoms with Crippen LogP contribution in [0.3, 0.4) is 0 Å². The molecule has 0 aliphatic heterocycles. The topological polar surface area (TPSA) is 114 Å². The molecule has 0 atom stereocenters. The molecule has 2 amide bonds. The number of rotatable bonds is 7. The van der Waals surface area contributed by atoms with Crippen LogP contribution in [0.15, 0.2) is 65.6 Å². The first-order chi connectivity index (χ1) is 16.1. The fourth-order valence-corrected chi connectivity index (χ4v) is 4.21. The fourth-order valence-electron chi connectivity index (χ4n) is 3.09. The van der Waals surface area contributed by atoms with Crippen LogP contribution in [0.1, 0.15) is 32.6 Å². The van der Waals surface area contributed by atoms with E-state index in [0.29, 0.717) is 11.4 Å². The van der Waals surface area contributed by atoms with Gasteiger partial charge in [-0.1, -0.05) is 24.3 Å². The number of hydrogen-bond donors (Lipinski definition) is 3. The van der Waals surface area contributed by atoms with E-state index in [1.807, 2.05) is 52.0 Å². The summed E-state index contributed by atoms with van der Waals surface area (Å²) in [5.41, 5.74) is 8.94. The van der Waals surface area contributed by atoms with Gasteiger partial charge in [0.1, 0.15) is 5.75 Å². The van der Waals surface area contributed by atoms with Crippen molar-refractivity contribution in [3.8, 4) is 5.75 Å². The molecule has 0 saturated heterocycles. The van der Waals surface area contributed by atoms with Crippen LogP contribution >= 0.6 is 0 Å². The molecule has 34 heavy (non-hydrogen) atoms. The van der Waals surface area contributed by atoms with Gasteiger partial charge < -0.3 is 4.74 Å². The number of sulfonamides is 1. The number of nitrogens with one attached hydrogen (secondary N) is 3. The normalized spacial score (nSPS) is 10.9. The summed E-state index contributed by atoms with van der Waals surface area (Å²) < 4.78 is 33.5. The van der Waals surface area contributed by atoms with E-state index in [9.17, 15) is 18.0 Å². The number of carbonyl (C=O) groups is 2. The first-order valence-corrected chi connectivity index (χ1v) is 12.0. The van der Waals surface area contributed by atoms with Crippen LogP contribution in [-0.4, -0.2) is 26.8 Å². The molecule has 0 aliphatic carbocycles. The van der Waals surface area contributed by atoms with Gasteiger partial charge in [-0.2, -0.15) is 0 Å². The number of anilines is 1. The number of carbonyl (C=O) groups excluding carboxylic acids is 2. The van der Waals surface area contributed by atoms with Crippen LogP contribution in [-0.2, 0) is 14.8 Å². The maximum Gasteiger partial charge on any atom is 0.276 e. The lowest BCUT2D eigenvalue weighted by molar-refractivity contribution is -0.123. The summed E-state index contributed by atoms with van der Waals surface area (Å²) in [6.45, 7) is 7.25. The van der Waals surface area contributed by atoms with Crippen molar-refractivity contribution in [2.24, 2.45) is 0 Å². The average molecular weight is 482 g/mol. The summed E-state index contributed by atoms with van der Waals surface area (Å²) in [7, 11) is -3.83. The largest absolute Gasteiger partial charge is 0.483 e. The molecule has 0 unspecified atom stereocenters. The number of hydrogen-bond acceptors (Lipinski definition) is 5. The monoisotopic (exact) mass is 481 g/mol. The van der Waals surface area contributed by atoms with Crippen molar-refractivity contribution in [1.82, 2.24) is 10.9 Å². The van der Waals surface area contributed by atoms with Crippen molar-refractivity contribution < 1.29 is 22.7 Å². The van der Waals surface area contributed by atoms with Crippen molar-refractivity contribution >= 4 is 27.5 Å². The van der Waals surface area contributed by atoms with Crippen LogP contribution in [0.2, 0.25) is 0 Å². The zero-order valence-corrected chi connectivity index (χ0v) is 20.2. The van der Waals surface area contributed by atoms with Crippen LogP contribution < -0.4 is 20.3 Å². The van der Waals surface area contributed by atoms with E-state index in [4.69, 9.17) is 4.74 Å². The van der Waals surface area contributed by atoms with Gasteiger partial charge in [0.15, 0.2) is 6.61 Å². The second-order valence-corrected chi connectivity index (χ2v) is 9.62. The van der Waals surface area contributed by atoms with Crippen LogP contribution in [0, 0.1) is 27.7 Å². The standard InChI is InChI=1S/C25H27N3O5S/c1-16-8-9-18(3)23(14-16)33-15-24(29)26-27-25(30)20-10-12-21(13-11-20)34(31,32)28-22-7-5-6-17(2)19(22)4/h5-14,28H,15H2,1-4H3,(H,26,29)(H,27,30). The van der Waals surface area contributed by atoms with E-state index >= 15 is 0 Å². The molecular weight excluding hydrogens is 454 g/mol. The van der Waals surface area contributed by atoms with E-state index in [0.717, 1.165) is 22.3 Å². The quantitative estimate of drug-likeness (QED) is 0.447. The lowest BCUT2D eigenvalue weighted by Gasteiger charge is -2.13. The van der Waals surface area contributed by atoms with Gasteiger partial charge >= 0.3 is 0 Å². The van der Waals surface area contributed by atoms with Crippen molar-refractivity contribution in [3.05, 3.63) is 88.5 Å². The molecule has 0 radical (unpaired) electrons. The summed E-state index contributed by atoms with van der Waals surface area (Å²) in [6.07, 6.45) is 0. The smallest absolute Gasteiger partial charge is 0.276 e. The summed E-state index contributed by atoms with van der Waals surface area (Å²) in [5, 5.41) is 0. The molecule has 8 nitrogen and oxygen atoms in total. The Balaban J connectivity index is 1.56. The highest BCUT2D eigenvalue weighted by molar-refractivity contribution is 7.92. The molecule has 0 bridgehead atoms. The summed E-state index contributed by atoms with van der Waals surface area (Å²) in [5.74, 6) is -0.537. The number of ether oxygens (including phenoxy) is 1. The van der Waals surface area contributed by atoms with Gasteiger partial charge in [0, 0.05) is 5.56 Å². The molecular formula is C25H27N3O5S. The molecule has 0 aliphatic rings. The summed E-state index contributed by atoms with van der Waals surface area (Å²) in [4.78, 5) is 24.4. The van der Waals surface area contributed by atoms with E-state index in [1.54, 1.807) is 12.1 Å². The molecule has 3 aromatic rings. The first kappa shape index (κ1) is 24.8. The van der Waals surface area contributed by atoms with Crippen LogP contribution in [0.5, 0.6) is 5.75 Å². The molecule has 3 N–H and O–H groups in total. The maximum atomic E-state index is 12.7. The minimum Gasteiger partial charge on any atom is -0.483 e. The zero-order valence-electron chi connectivity index (χ0n) is 19.4. The van der Waals surface area contributed by atoms with Gasteiger partial charge in [-0.15, -0.1) is 0 Å². The van der Waals surface area contributed by atoms with Gasteiger partial charge in [-0.25, -0.2) is 8.42 Å². The predicted molar refractivity (Wildman–Crippen MR) is 130 cm³/mol. The van der Waals surface area contributed by atoms with Crippen LogP contribution in [0.4, 0.5) is 5.69 Å². The summed E-state index contributed by atoms with van der Waals surface area (Å²) in [6, 6.07) is 16.4. The highest BCUT2D eigenvalue weighted by Crippen LogP contribution is 2.22. The van der Waals surface area contributed by atoms with Crippen molar-refractivity contribution in [3.63, 3.8) is 0 Å². The highest BCUT2D eigenvalue weighted by Gasteiger charge is 2.17. The molecule has 0 aromatic heterocycles. The Hall–Kier alpha value is -3.85. The van der Waals surface area contributed by atoms with E-state index in [2.05, 4.69) is 15.6 Å². The Bertz CT molecular complexity index is 1320. The second-order valence-electron chi connectivity index (χ2n) is 7.94. The number of aryl methyl sites for hydroxylation is 3. The Morgan fingerprint density at radius 3 is 2.26 bits per heavy atom. The molecule has 0 saturated carbocycles. The van der Waals surface area contributed by atoms with Crippen molar-refractivity contribution in [1.29, 1.82) is 0 Å². The second kappa shape index (κ2) is 10.4. The minimum absolute atomic E-state index is 0.0101. The minimum atomic E-state index is -3.83. The maximum absolute atomic E-state index is 12.7. The van der Waals surface area contributed by atoms with E-state index < -0.39 is 21.8 Å². The third-order valence-electron chi connectivity index (χ3n) is 5.29. The number of hydrazine groups is 1. The molecule has 3 aromatic carbocycles. The Morgan fingerprint density at radius 2 is 1.56 bits per heavy atom. The van der Waals surface area contributed by atoms with Gasteiger partial charge in [0.05, 0.1) is 10.6 Å². The highest BCUT2D eigenvalue weighted by atomic mass is 32.2. The third kappa shape index (κ3) is 6.14. The van der Waals surface area contributed by atoms with Gasteiger partial charge in [-0.05, 0) is 86.3 Å². The average Bonchev–Trinajstić information content (AvgIpc) is 2.81. The molecule has 9 heteroatoms. The molecule has 0 heterocycles. The lowest BCUT2D eigenvalue weighted by Crippen LogP contribution is -2.43. The molecule has 0 fully saturated rings. The zero-order chi connectivity index (χ0) is 24.9. The first-order valence-electron chi connectivity index (χ1n) is 10.5. The van der Waals surface area contributed by atoms with Crippen molar-refractivity contribution in [2.45, 2.75) is 32.6 Å². The van der Waals surface area contributed by atoms with Gasteiger partial charge in [0.25, 0.3) is 21.8 Å². The molecule has 178 valence electrons. The molecule has 3 rings (SSSR count). The Kier molecular flexibility index (Phi) is 7.57. The van der Waals surface area contributed by atoms with Gasteiger partial charge in [-0.3, -0.25) is 25.2 Å². The van der Waals surface area contributed by atoms with E-state index in [-0.39, 0.29) is 17.1 Å². The lowest BCUT2D eigenvalue weighted by atomic mass is 10.1. The number of amides is 2. The summed E-state index contributed by atoms with van der Waals surface area (Å²) >= 11 is 0. The fraction of sp³-hybridized carbons (Fsp3) is 0.200. The van der Waals surface area contributed by atoms with Crippen molar-refractivity contribution in [2.75, 3.05) is 11.3 Å².